The summed E-state index contributed by atoms with van der Waals surface area (Å²) >= 11 is 12.4. The van der Waals surface area contributed by atoms with Gasteiger partial charge in [0.1, 0.15) is 12.6 Å². The molecule has 1 atom stereocenters. The van der Waals surface area contributed by atoms with Crippen LogP contribution in [0.2, 0.25) is 10.0 Å². The molecule has 1 aliphatic rings. The fourth-order valence-electron chi connectivity index (χ4n) is 4.39. The SMILES string of the molecule is Cc1ccc(C)c(N(CC(=O)N(Cc2ccc(Cl)cc2Cl)[C@@H](C)C(=O)NC2CCCC2)S(C)(=O)=O)c1. The third-order valence-electron chi connectivity index (χ3n) is 6.54. The molecule has 196 valence electrons. The van der Waals surface area contributed by atoms with E-state index in [1.165, 1.54) is 4.90 Å². The lowest BCUT2D eigenvalue weighted by atomic mass is 10.1. The van der Waals surface area contributed by atoms with Gasteiger partial charge in [-0.1, -0.05) is 54.2 Å². The minimum Gasteiger partial charge on any atom is -0.352 e. The van der Waals surface area contributed by atoms with Crippen LogP contribution in [-0.4, -0.2) is 50.0 Å². The number of nitrogens with one attached hydrogen (secondary N) is 1. The van der Waals surface area contributed by atoms with E-state index in [0.29, 0.717) is 21.3 Å². The van der Waals surface area contributed by atoms with Crippen LogP contribution in [0, 0.1) is 13.8 Å². The van der Waals surface area contributed by atoms with Gasteiger partial charge in [-0.05, 0) is 68.5 Å². The Labute approximate surface area is 223 Å². The van der Waals surface area contributed by atoms with Crippen LogP contribution in [0.5, 0.6) is 0 Å². The molecule has 0 aliphatic heterocycles. The lowest BCUT2D eigenvalue weighted by molar-refractivity contribution is -0.139. The molecule has 0 aromatic heterocycles. The number of sulfonamides is 1. The Balaban J connectivity index is 1.94. The Hall–Kier alpha value is -2.29. The lowest BCUT2D eigenvalue weighted by Crippen LogP contribution is -2.52. The van der Waals surface area contributed by atoms with Crippen LogP contribution < -0.4 is 9.62 Å². The summed E-state index contributed by atoms with van der Waals surface area (Å²) in [6, 6.07) is 9.60. The van der Waals surface area contributed by atoms with Gasteiger partial charge >= 0.3 is 0 Å². The first-order valence-electron chi connectivity index (χ1n) is 12.0. The van der Waals surface area contributed by atoms with E-state index in [0.717, 1.165) is 47.4 Å². The van der Waals surface area contributed by atoms with Crippen LogP contribution in [0.25, 0.3) is 0 Å². The second-order valence-corrected chi connectivity index (χ2v) is 12.2. The summed E-state index contributed by atoms with van der Waals surface area (Å²) in [6.45, 7) is 4.87. The highest BCUT2D eigenvalue weighted by Crippen LogP contribution is 2.26. The largest absolute Gasteiger partial charge is 0.352 e. The molecule has 7 nitrogen and oxygen atoms in total. The summed E-state index contributed by atoms with van der Waals surface area (Å²) in [6.07, 6.45) is 5.00. The Morgan fingerprint density at radius 1 is 1.08 bits per heavy atom. The zero-order valence-electron chi connectivity index (χ0n) is 21.1. The molecule has 2 amide bonds. The molecule has 1 aliphatic carbocycles. The topological polar surface area (TPSA) is 86.8 Å². The number of carbonyl (C=O) groups is 2. The highest BCUT2D eigenvalue weighted by atomic mass is 35.5. The molecule has 1 fully saturated rings. The molecule has 1 N–H and O–H groups in total. The van der Waals surface area contributed by atoms with Crippen molar-refractivity contribution >= 4 is 50.7 Å². The third-order valence-corrected chi connectivity index (χ3v) is 8.25. The molecule has 3 rings (SSSR count). The summed E-state index contributed by atoms with van der Waals surface area (Å²) in [5.41, 5.74) is 2.62. The summed E-state index contributed by atoms with van der Waals surface area (Å²) in [7, 11) is -3.80. The minimum atomic E-state index is -3.80. The van der Waals surface area contributed by atoms with Crippen LogP contribution in [0.3, 0.4) is 0 Å². The van der Waals surface area contributed by atoms with Gasteiger partial charge < -0.3 is 10.2 Å². The van der Waals surface area contributed by atoms with E-state index in [1.807, 2.05) is 19.1 Å². The maximum atomic E-state index is 13.7. The molecule has 0 unspecified atom stereocenters. The standard InChI is InChI=1S/C26H33Cl2N3O4S/c1-17-9-10-18(2)24(13-17)31(36(4,34)35)16-25(32)30(15-20-11-12-21(27)14-23(20)28)19(3)26(33)29-22-7-5-6-8-22/h9-14,19,22H,5-8,15-16H2,1-4H3,(H,29,33)/t19-/m0/s1. The van der Waals surface area contributed by atoms with Crippen molar-refractivity contribution in [2.75, 3.05) is 17.1 Å². The Kier molecular flexibility index (Phi) is 9.30. The number of carbonyl (C=O) groups excluding carboxylic acids is 2. The normalized spacial score (nSPS) is 14.9. The second-order valence-electron chi connectivity index (χ2n) is 9.48. The lowest BCUT2D eigenvalue weighted by Gasteiger charge is -2.32. The quantitative estimate of drug-likeness (QED) is 0.480. The summed E-state index contributed by atoms with van der Waals surface area (Å²) in [5.74, 6) is -0.792. The first-order valence-corrected chi connectivity index (χ1v) is 14.6. The zero-order valence-corrected chi connectivity index (χ0v) is 23.4. The fraction of sp³-hybridized carbons (Fsp3) is 0.462. The van der Waals surface area contributed by atoms with Gasteiger partial charge in [0.25, 0.3) is 0 Å². The van der Waals surface area contributed by atoms with Gasteiger partial charge in [-0.3, -0.25) is 13.9 Å². The predicted molar refractivity (Wildman–Crippen MR) is 145 cm³/mol. The second kappa shape index (κ2) is 11.8. The van der Waals surface area contributed by atoms with Crippen LogP contribution >= 0.6 is 23.2 Å². The molecule has 2 aromatic rings. The van der Waals surface area contributed by atoms with Gasteiger partial charge in [0.2, 0.25) is 21.8 Å². The summed E-state index contributed by atoms with van der Waals surface area (Å²) in [4.78, 5) is 28.2. The maximum Gasteiger partial charge on any atom is 0.244 e. The van der Waals surface area contributed by atoms with Crippen molar-refractivity contribution in [3.8, 4) is 0 Å². The molecule has 0 radical (unpaired) electrons. The molecule has 0 heterocycles. The maximum absolute atomic E-state index is 13.7. The van der Waals surface area contributed by atoms with E-state index in [-0.39, 0.29) is 18.5 Å². The van der Waals surface area contributed by atoms with Crippen LogP contribution in [0.4, 0.5) is 5.69 Å². The Morgan fingerprint density at radius 2 is 1.75 bits per heavy atom. The Bertz CT molecular complexity index is 1230. The van der Waals surface area contributed by atoms with E-state index in [4.69, 9.17) is 23.2 Å². The van der Waals surface area contributed by atoms with Gasteiger partial charge in [0.15, 0.2) is 0 Å². The van der Waals surface area contributed by atoms with Gasteiger partial charge in [-0.15, -0.1) is 0 Å². The average molecular weight is 555 g/mol. The van der Waals surface area contributed by atoms with E-state index in [9.17, 15) is 18.0 Å². The van der Waals surface area contributed by atoms with Crippen LogP contribution in [0.1, 0.15) is 49.3 Å². The number of hydrogen-bond donors (Lipinski definition) is 1. The molecule has 1 saturated carbocycles. The molecule has 2 aromatic carbocycles. The van der Waals surface area contributed by atoms with Crippen molar-refractivity contribution in [2.24, 2.45) is 0 Å². The number of hydrogen-bond acceptors (Lipinski definition) is 4. The highest BCUT2D eigenvalue weighted by Gasteiger charge is 2.32. The van der Waals surface area contributed by atoms with Crippen LogP contribution in [0.15, 0.2) is 36.4 Å². The average Bonchev–Trinajstić information content (AvgIpc) is 3.30. The van der Waals surface area contributed by atoms with Crippen molar-refractivity contribution in [3.63, 3.8) is 0 Å². The summed E-state index contributed by atoms with van der Waals surface area (Å²) < 4.78 is 26.6. The van der Waals surface area contributed by atoms with Crippen molar-refractivity contribution in [1.82, 2.24) is 10.2 Å². The molecular formula is C26H33Cl2N3O4S. The molecule has 0 saturated heterocycles. The van der Waals surface area contributed by atoms with Gasteiger partial charge in [0, 0.05) is 22.6 Å². The van der Waals surface area contributed by atoms with Crippen molar-refractivity contribution in [3.05, 3.63) is 63.1 Å². The number of aryl methyl sites for hydroxylation is 2. The number of anilines is 1. The molecule has 36 heavy (non-hydrogen) atoms. The summed E-state index contributed by atoms with van der Waals surface area (Å²) in [5, 5.41) is 3.85. The highest BCUT2D eigenvalue weighted by molar-refractivity contribution is 7.92. The van der Waals surface area contributed by atoms with Gasteiger partial charge in [-0.2, -0.15) is 0 Å². The monoisotopic (exact) mass is 553 g/mol. The molecule has 0 spiro atoms. The molecule has 10 heteroatoms. The predicted octanol–water partition coefficient (Wildman–Crippen LogP) is 4.85. The van der Waals surface area contributed by atoms with E-state index in [1.54, 1.807) is 38.1 Å². The number of nitrogens with zero attached hydrogens (tertiary/aromatic N) is 2. The molecule has 0 bridgehead atoms. The first-order chi connectivity index (χ1) is 16.9. The smallest absolute Gasteiger partial charge is 0.244 e. The number of benzene rings is 2. The van der Waals surface area contributed by atoms with Gasteiger partial charge in [0.05, 0.1) is 11.9 Å². The van der Waals surface area contributed by atoms with Crippen molar-refractivity contribution < 1.29 is 18.0 Å². The number of amides is 2. The number of halogens is 2. The third kappa shape index (κ3) is 7.14. The van der Waals surface area contributed by atoms with E-state index >= 15 is 0 Å². The van der Waals surface area contributed by atoms with Crippen molar-refractivity contribution in [2.45, 2.75) is 65.1 Å². The van der Waals surface area contributed by atoms with Crippen LogP contribution in [-0.2, 0) is 26.2 Å². The minimum absolute atomic E-state index is 0.0263. The molecular weight excluding hydrogens is 521 g/mol. The van der Waals surface area contributed by atoms with Crippen molar-refractivity contribution in [1.29, 1.82) is 0 Å². The van der Waals surface area contributed by atoms with E-state index < -0.39 is 28.5 Å². The van der Waals surface area contributed by atoms with E-state index in [2.05, 4.69) is 5.32 Å². The number of rotatable bonds is 9. The Morgan fingerprint density at radius 3 is 2.36 bits per heavy atom. The fourth-order valence-corrected chi connectivity index (χ4v) is 5.76. The zero-order chi connectivity index (χ0) is 26.6. The first kappa shape index (κ1) is 28.3. The van der Waals surface area contributed by atoms with Gasteiger partial charge in [-0.25, -0.2) is 8.42 Å².